The van der Waals surface area contributed by atoms with Crippen molar-refractivity contribution < 1.29 is 9.53 Å². The molecule has 0 saturated carbocycles. The number of carbonyl (C=O) groups excluding carboxylic acids is 1. The molecule has 0 saturated heterocycles. The fourth-order valence-electron chi connectivity index (χ4n) is 3.40. The van der Waals surface area contributed by atoms with Crippen molar-refractivity contribution in [1.29, 1.82) is 0 Å². The standard InChI is InChI=1S/C23H18N6O2/c1-31-17-8-6-16(7-9-17)19-10-11-20-26-27-21(29(20)28-19)14-25-23(30)22-18-5-3-2-4-15(18)12-13-24-22/h2-13H,14H2,1H3,(H,25,30). The molecule has 5 rings (SSSR count). The number of amides is 1. The summed E-state index contributed by atoms with van der Waals surface area (Å²) in [6.07, 6.45) is 1.63. The Labute approximate surface area is 177 Å². The zero-order valence-electron chi connectivity index (χ0n) is 16.7. The van der Waals surface area contributed by atoms with E-state index < -0.39 is 0 Å². The molecule has 0 fully saturated rings. The molecule has 2 aromatic carbocycles. The first-order chi connectivity index (χ1) is 15.2. The Morgan fingerprint density at radius 3 is 2.68 bits per heavy atom. The Morgan fingerprint density at radius 2 is 1.84 bits per heavy atom. The SMILES string of the molecule is COc1ccc(-c2ccc3nnc(CNC(=O)c4nccc5ccccc45)n3n2)cc1. The maximum atomic E-state index is 12.8. The van der Waals surface area contributed by atoms with Crippen LogP contribution in [0.2, 0.25) is 0 Å². The van der Waals surface area contributed by atoms with Crippen molar-refractivity contribution in [3.8, 4) is 17.0 Å². The summed E-state index contributed by atoms with van der Waals surface area (Å²) in [5, 5.41) is 17.6. The Hall–Kier alpha value is -4.33. The topological polar surface area (TPSA) is 94.3 Å². The summed E-state index contributed by atoms with van der Waals surface area (Å²) in [7, 11) is 1.63. The van der Waals surface area contributed by atoms with Gasteiger partial charge >= 0.3 is 0 Å². The van der Waals surface area contributed by atoms with Crippen molar-refractivity contribution >= 4 is 22.3 Å². The predicted molar refractivity (Wildman–Crippen MR) is 116 cm³/mol. The van der Waals surface area contributed by atoms with E-state index in [2.05, 4.69) is 25.6 Å². The molecule has 0 aliphatic heterocycles. The summed E-state index contributed by atoms with van der Waals surface area (Å²) in [5.74, 6) is 1.03. The number of nitrogens with one attached hydrogen (secondary N) is 1. The third-order valence-corrected chi connectivity index (χ3v) is 5.01. The van der Waals surface area contributed by atoms with E-state index in [0.29, 0.717) is 17.2 Å². The van der Waals surface area contributed by atoms with Crippen LogP contribution in [0.4, 0.5) is 0 Å². The highest BCUT2D eigenvalue weighted by Gasteiger charge is 2.14. The second-order valence-corrected chi connectivity index (χ2v) is 6.90. The molecule has 0 atom stereocenters. The molecule has 5 aromatic rings. The first-order valence-corrected chi connectivity index (χ1v) is 9.70. The molecule has 8 heteroatoms. The number of carbonyl (C=O) groups is 1. The van der Waals surface area contributed by atoms with E-state index in [9.17, 15) is 4.79 Å². The average Bonchev–Trinajstić information content (AvgIpc) is 3.24. The molecule has 0 radical (unpaired) electrons. The van der Waals surface area contributed by atoms with Crippen molar-refractivity contribution in [2.45, 2.75) is 6.54 Å². The van der Waals surface area contributed by atoms with E-state index in [1.807, 2.05) is 66.7 Å². The summed E-state index contributed by atoms with van der Waals surface area (Å²) in [5.41, 5.74) is 2.67. The molecular formula is C23H18N6O2. The Balaban J connectivity index is 1.40. The lowest BCUT2D eigenvalue weighted by molar-refractivity contribution is 0.0946. The number of hydrogen-bond acceptors (Lipinski definition) is 6. The Bertz CT molecular complexity index is 1390. The zero-order valence-corrected chi connectivity index (χ0v) is 16.7. The molecule has 8 nitrogen and oxygen atoms in total. The van der Waals surface area contributed by atoms with Crippen molar-refractivity contribution in [2.75, 3.05) is 7.11 Å². The molecule has 1 N–H and O–H groups in total. The first kappa shape index (κ1) is 18.7. The molecule has 0 unspecified atom stereocenters. The molecular weight excluding hydrogens is 392 g/mol. The van der Waals surface area contributed by atoms with E-state index in [1.165, 1.54) is 0 Å². The van der Waals surface area contributed by atoms with Crippen LogP contribution < -0.4 is 10.1 Å². The van der Waals surface area contributed by atoms with Gasteiger partial charge in [-0.1, -0.05) is 24.3 Å². The maximum absolute atomic E-state index is 12.8. The number of nitrogens with zero attached hydrogens (tertiary/aromatic N) is 5. The fraction of sp³-hybridized carbons (Fsp3) is 0.0870. The van der Waals surface area contributed by atoms with Gasteiger partial charge in [0, 0.05) is 17.1 Å². The van der Waals surface area contributed by atoms with Gasteiger partial charge in [0.2, 0.25) is 0 Å². The molecule has 152 valence electrons. The van der Waals surface area contributed by atoms with Crippen LogP contribution in [0, 0.1) is 0 Å². The number of pyridine rings is 1. The highest BCUT2D eigenvalue weighted by molar-refractivity contribution is 6.05. The lowest BCUT2D eigenvalue weighted by atomic mass is 10.1. The highest BCUT2D eigenvalue weighted by Crippen LogP contribution is 2.21. The molecule has 0 aliphatic carbocycles. The summed E-state index contributed by atoms with van der Waals surface area (Å²) in [6.45, 7) is 0.171. The summed E-state index contributed by atoms with van der Waals surface area (Å²) >= 11 is 0. The summed E-state index contributed by atoms with van der Waals surface area (Å²) < 4.78 is 6.84. The van der Waals surface area contributed by atoms with E-state index >= 15 is 0 Å². The third kappa shape index (κ3) is 3.55. The van der Waals surface area contributed by atoms with Gasteiger partial charge in [-0.2, -0.15) is 9.61 Å². The minimum atomic E-state index is -0.278. The highest BCUT2D eigenvalue weighted by atomic mass is 16.5. The smallest absolute Gasteiger partial charge is 0.270 e. The second kappa shape index (κ2) is 7.83. The number of hydrogen-bond donors (Lipinski definition) is 1. The lowest BCUT2D eigenvalue weighted by Gasteiger charge is -2.07. The van der Waals surface area contributed by atoms with Crippen LogP contribution in [-0.2, 0) is 6.54 Å². The van der Waals surface area contributed by atoms with Crippen LogP contribution in [0.25, 0.3) is 27.7 Å². The number of fused-ring (bicyclic) bond motifs is 2. The van der Waals surface area contributed by atoms with Crippen LogP contribution in [-0.4, -0.2) is 37.8 Å². The van der Waals surface area contributed by atoms with Crippen LogP contribution in [0.5, 0.6) is 5.75 Å². The molecule has 3 heterocycles. The van der Waals surface area contributed by atoms with Crippen molar-refractivity contribution in [3.63, 3.8) is 0 Å². The van der Waals surface area contributed by atoms with Crippen molar-refractivity contribution in [1.82, 2.24) is 30.1 Å². The minimum Gasteiger partial charge on any atom is -0.497 e. The van der Waals surface area contributed by atoms with E-state index in [0.717, 1.165) is 27.8 Å². The minimum absolute atomic E-state index is 0.171. The van der Waals surface area contributed by atoms with Gasteiger partial charge in [-0.25, -0.2) is 0 Å². The van der Waals surface area contributed by atoms with Gasteiger partial charge in [0.15, 0.2) is 11.5 Å². The van der Waals surface area contributed by atoms with Gasteiger partial charge in [-0.05, 0) is 47.9 Å². The molecule has 0 bridgehead atoms. The van der Waals surface area contributed by atoms with Crippen LogP contribution in [0.15, 0.2) is 72.9 Å². The van der Waals surface area contributed by atoms with Crippen LogP contribution in [0.1, 0.15) is 16.3 Å². The number of rotatable bonds is 5. The van der Waals surface area contributed by atoms with E-state index in [1.54, 1.807) is 17.8 Å². The fourth-order valence-corrected chi connectivity index (χ4v) is 3.40. The van der Waals surface area contributed by atoms with Gasteiger partial charge in [0.25, 0.3) is 5.91 Å². The summed E-state index contributed by atoms with van der Waals surface area (Å²) in [6, 6.07) is 20.9. The molecule has 0 spiro atoms. The quantitative estimate of drug-likeness (QED) is 0.478. The van der Waals surface area contributed by atoms with Crippen molar-refractivity contribution in [2.24, 2.45) is 0 Å². The predicted octanol–water partition coefficient (Wildman–Crippen LogP) is 3.28. The Kier molecular flexibility index (Phi) is 4.72. The van der Waals surface area contributed by atoms with Crippen molar-refractivity contribution in [3.05, 3.63) is 84.4 Å². The van der Waals surface area contributed by atoms with Gasteiger partial charge in [0.1, 0.15) is 11.4 Å². The van der Waals surface area contributed by atoms with E-state index in [4.69, 9.17) is 4.74 Å². The van der Waals surface area contributed by atoms with Crippen LogP contribution >= 0.6 is 0 Å². The number of methoxy groups -OCH3 is 1. The number of benzene rings is 2. The number of aromatic nitrogens is 5. The Morgan fingerprint density at radius 1 is 1.00 bits per heavy atom. The van der Waals surface area contributed by atoms with Gasteiger partial charge in [-0.15, -0.1) is 10.2 Å². The second-order valence-electron chi connectivity index (χ2n) is 6.90. The average molecular weight is 410 g/mol. The lowest BCUT2D eigenvalue weighted by Crippen LogP contribution is -2.25. The normalized spacial score (nSPS) is 11.0. The van der Waals surface area contributed by atoms with Crippen LogP contribution in [0.3, 0.4) is 0 Å². The molecule has 0 aliphatic rings. The van der Waals surface area contributed by atoms with Gasteiger partial charge < -0.3 is 10.1 Å². The zero-order chi connectivity index (χ0) is 21.2. The molecule has 1 amide bonds. The molecule has 31 heavy (non-hydrogen) atoms. The van der Waals surface area contributed by atoms with Gasteiger partial charge in [0.05, 0.1) is 19.3 Å². The molecule has 3 aromatic heterocycles. The monoisotopic (exact) mass is 410 g/mol. The third-order valence-electron chi connectivity index (χ3n) is 5.01. The van der Waals surface area contributed by atoms with E-state index in [-0.39, 0.29) is 12.5 Å². The first-order valence-electron chi connectivity index (χ1n) is 9.70. The maximum Gasteiger partial charge on any atom is 0.270 e. The largest absolute Gasteiger partial charge is 0.497 e. The number of ether oxygens (including phenoxy) is 1. The van der Waals surface area contributed by atoms with Gasteiger partial charge in [-0.3, -0.25) is 9.78 Å². The summed E-state index contributed by atoms with van der Waals surface area (Å²) in [4.78, 5) is 17.0.